The lowest BCUT2D eigenvalue weighted by Gasteiger charge is -2.36. The Hall–Kier alpha value is -4.17. The van der Waals surface area contributed by atoms with Gasteiger partial charge in [0.1, 0.15) is 12.4 Å². The third kappa shape index (κ3) is 5.70. The van der Waals surface area contributed by atoms with Gasteiger partial charge in [-0.25, -0.2) is 14.2 Å². The minimum absolute atomic E-state index is 0.0991. The van der Waals surface area contributed by atoms with E-state index < -0.39 is 12.0 Å². The first kappa shape index (κ1) is 25.5. The minimum atomic E-state index is -0.488. The number of aliphatic imine (C=N–C) groups is 1. The number of benzene rings is 3. The van der Waals surface area contributed by atoms with Crippen molar-refractivity contribution in [3.8, 4) is 0 Å². The van der Waals surface area contributed by atoms with Crippen molar-refractivity contribution in [2.45, 2.75) is 32.5 Å². The Bertz CT molecular complexity index is 1420. The average molecular weight is 528 g/mol. The lowest BCUT2D eigenvalue weighted by Crippen LogP contribution is -2.38. The van der Waals surface area contributed by atoms with Crippen LogP contribution in [0.5, 0.6) is 0 Å². The second-order valence-electron chi connectivity index (χ2n) is 8.95. The van der Waals surface area contributed by atoms with Crippen molar-refractivity contribution in [2.24, 2.45) is 4.99 Å². The van der Waals surface area contributed by atoms with Crippen molar-refractivity contribution < 1.29 is 18.7 Å². The fourth-order valence-electron chi connectivity index (χ4n) is 4.41. The summed E-state index contributed by atoms with van der Waals surface area (Å²) in [4.78, 5) is 33.0. The fourth-order valence-corrected chi connectivity index (χ4v) is 5.38. The number of hydrogen-bond acceptors (Lipinski definition) is 6. The standard InChI is InChI=1S/C30H26FN3O3S/c1-20-27(29(36)37-18-22-8-4-2-5-9-22)28(23-10-6-3-7-11-23)34-25(19-38-30(34)33-20)16-26(35)32-17-21-12-14-24(31)15-13-21/h2-15,19,28H,16-18H2,1H3,(H,32,35). The van der Waals surface area contributed by atoms with Crippen LogP contribution in [-0.2, 0) is 27.5 Å². The molecule has 3 aromatic carbocycles. The second kappa shape index (κ2) is 11.5. The molecule has 0 saturated carbocycles. The number of amides is 1. The molecule has 1 atom stereocenters. The Morgan fingerprint density at radius 3 is 2.37 bits per heavy atom. The summed E-state index contributed by atoms with van der Waals surface area (Å²) in [5.41, 5.74) is 4.36. The van der Waals surface area contributed by atoms with Crippen molar-refractivity contribution >= 4 is 28.8 Å². The summed E-state index contributed by atoms with van der Waals surface area (Å²) >= 11 is 1.42. The highest BCUT2D eigenvalue weighted by Gasteiger charge is 2.41. The minimum Gasteiger partial charge on any atom is -0.457 e. The van der Waals surface area contributed by atoms with Crippen molar-refractivity contribution in [2.75, 3.05) is 0 Å². The summed E-state index contributed by atoms with van der Waals surface area (Å²) in [6, 6.07) is 24.7. The number of carbonyl (C=O) groups is 2. The molecule has 38 heavy (non-hydrogen) atoms. The van der Waals surface area contributed by atoms with Gasteiger partial charge >= 0.3 is 5.97 Å². The van der Waals surface area contributed by atoms with Gasteiger partial charge in [-0.05, 0) is 41.2 Å². The number of nitrogens with one attached hydrogen (secondary N) is 1. The maximum atomic E-state index is 13.5. The van der Waals surface area contributed by atoms with E-state index in [1.54, 1.807) is 12.1 Å². The van der Waals surface area contributed by atoms with Gasteiger partial charge in [-0.15, -0.1) is 0 Å². The van der Waals surface area contributed by atoms with E-state index in [0.29, 0.717) is 23.0 Å². The van der Waals surface area contributed by atoms with Crippen LogP contribution in [0.25, 0.3) is 0 Å². The molecule has 5 rings (SSSR count). The van der Waals surface area contributed by atoms with Gasteiger partial charge in [-0.3, -0.25) is 4.79 Å². The molecule has 6 nitrogen and oxygen atoms in total. The average Bonchev–Trinajstić information content (AvgIpc) is 3.33. The van der Waals surface area contributed by atoms with Gasteiger partial charge in [0.2, 0.25) is 5.91 Å². The number of halogens is 1. The highest BCUT2D eigenvalue weighted by Crippen LogP contribution is 2.44. The molecule has 0 fully saturated rings. The van der Waals surface area contributed by atoms with Crippen LogP contribution in [0.2, 0.25) is 0 Å². The monoisotopic (exact) mass is 527 g/mol. The third-order valence-corrected chi connectivity index (χ3v) is 7.18. The fraction of sp³-hybridized carbons (Fsp3) is 0.167. The second-order valence-corrected chi connectivity index (χ2v) is 9.78. The van der Waals surface area contributed by atoms with Gasteiger partial charge in [-0.2, -0.15) is 0 Å². The quantitative estimate of drug-likeness (QED) is 0.372. The molecule has 3 aromatic rings. The predicted molar refractivity (Wildman–Crippen MR) is 146 cm³/mol. The zero-order valence-corrected chi connectivity index (χ0v) is 21.6. The van der Waals surface area contributed by atoms with Gasteiger partial charge in [0.15, 0.2) is 5.17 Å². The zero-order valence-electron chi connectivity index (χ0n) is 20.8. The summed E-state index contributed by atoms with van der Waals surface area (Å²) in [5, 5.41) is 5.50. The molecule has 1 amide bonds. The summed E-state index contributed by atoms with van der Waals surface area (Å²) < 4.78 is 18.9. The van der Waals surface area contributed by atoms with Crippen LogP contribution < -0.4 is 5.32 Å². The normalized spacial score (nSPS) is 16.5. The Kier molecular flexibility index (Phi) is 7.70. The molecule has 1 unspecified atom stereocenters. The number of carbonyl (C=O) groups excluding carboxylic acids is 2. The highest BCUT2D eigenvalue weighted by atomic mass is 32.2. The first-order valence-corrected chi connectivity index (χ1v) is 13.1. The first-order chi connectivity index (χ1) is 18.5. The summed E-state index contributed by atoms with van der Waals surface area (Å²) in [6.07, 6.45) is 0.0991. The van der Waals surface area contributed by atoms with E-state index in [4.69, 9.17) is 9.73 Å². The third-order valence-electron chi connectivity index (χ3n) is 6.29. The molecular weight excluding hydrogens is 501 g/mol. The molecule has 0 aromatic heterocycles. The van der Waals surface area contributed by atoms with Gasteiger partial charge in [0, 0.05) is 12.2 Å². The zero-order chi connectivity index (χ0) is 26.5. The van der Waals surface area contributed by atoms with Gasteiger partial charge < -0.3 is 15.0 Å². The number of thioether (sulfide) groups is 1. The molecule has 1 N–H and O–H groups in total. The molecule has 0 spiro atoms. The van der Waals surface area contributed by atoms with Gasteiger partial charge in [-0.1, -0.05) is 84.6 Å². The summed E-state index contributed by atoms with van der Waals surface area (Å²) in [7, 11) is 0. The van der Waals surface area contributed by atoms with Crippen LogP contribution in [0.1, 0.15) is 36.1 Å². The molecule has 192 valence electrons. The summed E-state index contributed by atoms with van der Waals surface area (Å²) in [6.45, 7) is 2.25. The van der Waals surface area contributed by atoms with Crippen LogP contribution in [0.15, 0.2) is 112 Å². The molecule has 8 heteroatoms. The SMILES string of the molecule is CC1=C(C(=O)OCc2ccccc2)C(c2ccccc2)N2C(CC(=O)NCc3ccc(F)cc3)=CSC2=N1. The predicted octanol–water partition coefficient (Wildman–Crippen LogP) is 5.85. The number of allylic oxidation sites excluding steroid dienone is 1. The van der Waals surface area contributed by atoms with E-state index in [9.17, 15) is 14.0 Å². The molecule has 0 bridgehead atoms. The van der Waals surface area contributed by atoms with E-state index in [2.05, 4.69) is 5.32 Å². The molecule has 0 radical (unpaired) electrons. The lowest BCUT2D eigenvalue weighted by atomic mass is 9.94. The maximum Gasteiger partial charge on any atom is 0.338 e. The molecular formula is C30H26FN3O3S. The number of amidine groups is 1. The number of fused-ring (bicyclic) bond motifs is 1. The lowest BCUT2D eigenvalue weighted by molar-refractivity contribution is -0.141. The van der Waals surface area contributed by atoms with Crippen molar-refractivity contribution in [3.63, 3.8) is 0 Å². The van der Waals surface area contributed by atoms with E-state index in [1.165, 1.54) is 23.9 Å². The molecule has 2 heterocycles. The first-order valence-electron chi connectivity index (χ1n) is 12.2. The van der Waals surface area contributed by atoms with Gasteiger partial charge in [0.25, 0.3) is 0 Å². The van der Waals surface area contributed by atoms with Crippen LogP contribution in [0.3, 0.4) is 0 Å². The van der Waals surface area contributed by atoms with Crippen molar-refractivity contribution in [1.29, 1.82) is 0 Å². The number of rotatable bonds is 8. The van der Waals surface area contributed by atoms with Crippen molar-refractivity contribution in [1.82, 2.24) is 10.2 Å². The van der Waals surface area contributed by atoms with Crippen molar-refractivity contribution in [3.05, 3.63) is 130 Å². The molecule has 2 aliphatic rings. The highest BCUT2D eigenvalue weighted by molar-refractivity contribution is 8.16. The Labute approximate surface area is 224 Å². The summed E-state index contributed by atoms with van der Waals surface area (Å²) in [5.74, 6) is -0.952. The molecule has 2 aliphatic heterocycles. The Balaban J connectivity index is 1.36. The number of esters is 1. The Morgan fingerprint density at radius 2 is 1.66 bits per heavy atom. The topological polar surface area (TPSA) is 71.0 Å². The van der Waals surface area contributed by atoms with E-state index in [0.717, 1.165) is 22.4 Å². The van der Waals surface area contributed by atoms with Crippen LogP contribution in [0, 0.1) is 5.82 Å². The van der Waals surface area contributed by atoms with E-state index in [1.807, 2.05) is 77.9 Å². The van der Waals surface area contributed by atoms with E-state index >= 15 is 0 Å². The molecule has 0 aliphatic carbocycles. The van der Waals surface area contributed by atoms with E-state index in [-0.39, 0.29) is 24.8 Å². The largest absolute Gasteiger partial charge is 0.457 e. The maximum absolute atomic E-state index is 13.5. The van der Waals surface area contributed by atoms with Crippen LogP contribution in [-0.4, -0.2) is 21.9 Å². The number of nitrogens with zero attached hydrogens (tertiary/aromatic N) is 2. The van der Waals surface area contributed by atoms with Crippen LogP contribution >= 0.6 is 11.8 Å². The smallest absolute Gasteiger partial charge is 0.338 e. The number of hydrogen-bond donors (Lipinski definition) is 1. The Morgan fingerprint density at radius 1 is 0.974 bits per heavy atom. The van der Waals surface area contributed by atoms with Gasteiger partial charge in [0.05, 0.1) is 23.7 Å². The van der Waals surface area contributed by atoms with Crippen LogP contribution in [0.4, 0.5) is 4.39 Å². The number of ether oxygens (including phenoxy) is 1. The molecule has 0 saturated heterocycles.